The molecule has 1 fully saturated rings. The standard InChI is InChI=1S/C42H65N7O9S/c1-9-13-36(52)57-24-49(42(56)37(26(5)10-2)46-40(55)33-14-11-12-19-48(33)8)34(25(3)4)22-35(58-28(7)50)41-45-32(23-59-41)39(54)44-30(20-27(6)38(53)47-43)21-29-15-17-31(51)18-16-29/h15-18,23,25-27,30,33-35,37,51H,9-14,19-22,24,43H2,1-8H3,(H,44,54)(H,46,55)(H,47,53)/t26?,27-,30+,33+,34+,35+,37?/m0/s1. The SMILES string of the molecule is CCCC(=O)OCN(C(=O)C(NC(=O)[C@H]1CCCCN1C)C(C)CC)[C@H](C[C@@H](OC(C)=O)c1nc(C(=O)N[C@@H](Cc2ccc(O)cc2)C[C@H](C)C(=O)NN)cs1)C(C)C. The number of nitrogens with two attached hydrogens (primary N) is 1. The highest BCUT2D eigenvalue weighted by molar-refractivity contribution is 7.09. The number of likely N-dealkylation sites (N-methyl/N-ethyl adjacent to an activating group) is 1. The molecule has 2 aromatic rings. The molecule has 1 aliphatic rings. The predicted octanol–water partition coefficient (Wildman–Crippen LogP) is 4.37. The van der Waals surface area contributed by atoms with Gasteiger partial charge in [-0.1, -0.05) is 66.5 Å². The van der Waals surface area contributed by atoms with Gasteiger partial charge >= 0.3 is 11.9 Å². The van der Waals surface area contributed by atoms with E-state index in [1.54, 1.807) is 24.4 Å². The molecular formula is C42H65N7O9S. The summed E-state index contributed by atoms with van der Waals surface area (Å²) in [7, 11) is 1.90. The third-order valence-electron chi connectivity index (χ3n) is 10.9. The third kappa shape index (κ3) is 14.9. The van der Waals surface area contributed by atoms with Gasteiger partial charge in [0.15, 0.2) is 12.8 Å². The fourth-order valence-corrected chi connectivity index (χ4v) is 8.06. The van der Waals surface area contributed by atoms with Crippen molar-refractivity contribution in [2.45, 2.75) is 137 Å². The van der Waals surface area contributed by atoms with Crippen LogP contribution in [-0.2, 0) is 39.9 Å². The second-order valence-corrected chi connectivity index (χ2v) is 16.9. The maximum absolute atomic E-state index is 14.8. The molecule has 2 unspecified atom stereocenters. The number of aromatic nitrogens is 1. The summed E-state index contributed by atoms with van der Waals surface area (Å²) in [6.45, 7) is 12.8. The van der Waals surface area contributed by atoms with Gasteiger partial charge in [-0.25, -0.2) is 10.8 Å². The number of phenolic OH excluding ortho intramolecular Hbond substituents is 1. The molecule has 16 nitrogen and oxygen atoms in total. The molecule has 0 saturated carbocycles. The third-order valence-corrected chi connectivity index (χ3v) is 11.8. The number of thiazole rings is 1. The average Bonchev–Trinajstić information content (AvgIpc) is 3.70. The molecule has 0 radical (unpaired) electrons. The number of benzene rings is 1. The Morgan fingerprint density at radius 3 is 2.32 bits per heavy atom. The maximum Gasteiger partial charge on any atom is 0.307 e. The summed E-state index contributed by atoms with van der Waals surface area (Å²) < 4.78 is 11.5. The number of nitrogens with zero attached hydrogens (tertiary/aromatic N) is 3. The molecule has 0 spiro atoms. The Bertz CT molecular complexity index is 1700. The Labute approximate surface area is 352 Å². The lowest BCUT2D eigenvalue weighted by molar-refractivity contribution is -0.160. The van der Waals surface area contributed by atoms with Crippen molar-refractivity contribution >= 4 is 46.9 Å². The highest BCUT2D eigenvalue weighted by atomic mass is 32.1. The van der Waals surface area contributed by atoms with Crippen molar-refractivity contribution in [3.63, 3.8) is 0 Å². The van der Waals surface area contributed by atoms with E-state index in [1.165, 1.54) is 24.0 Å². The number of hydrazine groups is 1. The number of likely N-dealkylation sites (tertiary alicyclic amines) is 1. The van der Waals surface area contributed by atoms with Gasteiger partial charge in [0.25, 0.3) is 5.91 Å². The topological polar surface area (TPSA) is 223 Å². The minimum atomic E-state index is -0.998. The fourth-order valence-electron chi connectivity index (χ4n) is 7.22. The van der Waals surface area contributed by atoms with Crippen molar-refractivity contribution in [3.8, 4) is 5.75 Å². The number of esters is 2. The molecule has 3 rings (SSSR count). The zero-order valence-corrected chi connectivity index (χ0v) is 36.6. The number of hydrogen-bond donors (Lipinski definition) is 5. The monoisotopic (exact) mass is 843 g/mol. The Morgan fingerprint density at radius 1 is 1.03 bits per heavy atom. The van der Waals surface area contributed by atoms with E-state index in [9.17, 15) is 33.9 Å². The van der Waals surface area contributed by atoms with E-state index in [4.69, 9.17) is 15.3 Å². The van der Waals surface area contributed by atoms with Gasteiger partial charge in [-0.15, -0.1) is 11.3 Å². The van der Waals surface area contributed by atoms with Gasteiger partial charge in [0.1, 0.15) is 22.5 Å². The molecule has 6 N–H and O–H groups in total. The van der Waals surface area contributed by atoms with Crippen LogP contribution in [0.4, 0.5) is 0 Å². The van der Waals surface area contributed by atoms with Crippen LogP contribution in [0, 0.1) is 17.8 Å². The molecule has 7 atom stereocenters. The van der Waals surface area contributed by atoms with Crippen LogP contribution in [-0.4, -0.2) is 99.9 Å². The minimum Gasteiger partial charge on any atom is -0.508 e. The molecule has 59 heavy (non-hydrogen) atoms. The summed E-state index contributed by atoms with van der Waals surface area (Å²) in [6, 6.07) is 4.04. The van der Waals surface area contributed by atoms with Crippen LogP contribution in [0.1, 0.15) is 127 Å². The summed E-state index contributed by atoms with van der Waals surface area (Å²) in [5, 5.41) is 17.6. The summed E-state index contributed by atoms with van der Waals surface area (Å²) in [5.41, 5.74) is 3.02. The molecule has 1 aliphatic heterocycles. The van der Waals surface area contributed by atoms with E-state index in [1.807, 2.05) is 46.6 Å². The number of hydrogen-bond acceptors (Lipinski definition) is 13. The van der Waals surface area contributed by atoms with Gasteiger partial charge in [-0.2, -0.15) is 0 Å². The number of piperidine rings is 1. The van der Waals surface area contributed by atoms with Gasteiger partial charge in [-0.05, 0) is 75.2 Å². The van der Waals surface area contributed by atoms with Crippen molar-refractivity contribution < 1.29 is 43.3 Å². The molecule has 1 aromatic carbocycles. The Balaban J connectivity index is 1.95. The number of phenols is 1. The Kier molecular flexibility index (Phi) is 19.7. The molecule has 328 valence electrons. The average molecular weight is 844 g/mol. The second-order valence-electron chi connectivity index (χ2n) is 16.0. The van der Waals surface area contributed by atoms with Crippen LogP contribution in [0.5, 0.6) is 5.75 Å². The minimum absolute atomic E-state index is 0.0462. The second kappa shape index (κ2) is 23.8. The van der Waals surface area contributed by atoms with Crippen molar-refractivity contribution in [2.75, 3.05) is 20.3 Å². The van der Waals surface area contributed by atoms with Crippen LogP contribution in [0.25, 0.3) is 0 Å². The molecular weight excluding hydrogens is 779 g/mol. The highest BCUT2D eigenvalue weighted by Gasteiger charge is 2.39. The number of carbonyl (C=O) groups excluding carboxylic acids is 6. The van der Waals surface area contributed by atoms with E-state index in [2.05, 4.69) is 21.0 Å². The van der Waals surface area contributed by atoms with Crippen LogP contribution in [0.15, 0.2) is 29.6 Å². The van der Waals surface area contributed by atoms with Crippen LogP contribution >= 0.6 is 11.3 Å². The zero-order valence-electron chi connectivity index (χ0n) is 35.8. The van der Waals surface area contributed by atoms with E-state index in [0.717, 1.165) is 36.3 Å². The lowest BCUT2D eigenvalue weighted by Gasteiger charge is -2.39. The summed E-state index contributed by atoms with van der Waals surface area (Å²) in [4.78, 5) is 87.8. The van der Waals surface area contributed by atoms with Crippen LogP contribution < -0.4 is 21.9 Å². The number of ether oxygens (including phenoxy) is 2. The molecule has 1 saturated heterocycles. The smallest absolute Gasteiger partial charge is 0.307 e. The first-order valence-electron chi connectivity index (χ1n) is 20.7. The number of aromatic hydroxyl groups is 1. The van der Waals surface area contributed by atoms with E-state index >= 15 is 0 Å². The fraction of sp³-hybridized carbons (Fsp3) is 0.643. The first kappa shape index (κ1) is 48.8. The summed E-state index contributed by atoms with van der Waals surface area (Å²) in [5.74, 6) is 1.76. The molecule has 1 aromatic heterocycles. The van der Waals surface area contributed by atoms with Gasteiger partial charge in [0, 0.05) is 43.1 Å². The normalized spacial score (nSPS) is 17.4. The summed E-state index contributed by atoms with van der Waals surface area (Å²) >= 11 is 1.11. The van der Waals surface area contributed by atoms with Gasteiger partial charge < -0.3 is 30.1 Å². The summed E-state index contributed by atoms with van der Waals surface area (Å²) in [6.07, 6.45) is 3.51. The van der Waals surface area contributed by atoms with Crippen molar-refractivity contribution in [1.29, 1.82) is 0 Å². The van der Waals surface area contributed by atoms with Gasteiger partial charge in [-0.3, -0.25) is 39.1 Å². The number of nitrogens with one attached hydrogen (secondary N) is 3. The molecule has 0 aliphatic carbocycles. The van der Waals surface area contributed by atoms with E-state index < -0.39 is 59.8 Å². The van der Waals surface area contributed by atoms with Crippen LogP contribution in [0.3, 0.4) is 0 Å². The Hall–Kier alpha value is -4.61. The molecule has 2 heterocycles. The first-order chi connectivity index (χ1) is 28.0. The number of carbonyl (C=O) groups is 6. The largest absolute Gasteiger partial charge is 0.508 e. The number of amides is 4. The maximum atomic E-state index is 14.8. The van der Waals surface area contributed by atoms with Crippen molar-refractivity contribution in [1.82, 2.24) is 30.8 Å². The van der Waals surface area contributed by atoms with Gasteiger partial charge in [0.2, 0.25) is 17.7 Å². The number of rotatable bonds is 22. The Morgan fingerprint density at radius 2 is 1.73 bits per heavy atom. The lowest BCUT2D eigenvalue weighted by Crippen LogP contribution is -2.59. The molecule has 17 heteroatoms. The van der Waals surface area contributed by atoms with Gasteiger partial charge in [0.05, 0.1) is 6.04 Å². The van der Waals surface area contributed by atoms with E-state index in [-0.39, 0.29) is 61.2 Å². The van der Waals surface area contributed by atoms with E-state index in [0.29, 0.717) is 30.7 Å². The predicted molar refractivity (Wildman–Crippen MR) is 223 cm³/mol. The quantitative estimate of drug-likeness (QED) is 0.0367. The highest BCUT2D eigenvalue weighted by Crippen LogP contribution is 2.32. The lowest BCUT2D eigenvalue weighted by atomic mass is 9.92. The first-order valence-corrected chi connectivity index (χ1v) is 21.6. The molecule has 0 bridgehead atoms. The van der Waals surface area contributed by atoms with Crippen LogP contribution in [0.2, 0.25) is 0 Å². The zero-order chi connectivity index (χ0) is 43.8. The van der Waals surface area contributed by atoms with Crippen molar-refractivity contribution in [2.24, 2.45) is 23.6 Å². The van der Waals surface area contributed by atoms with Crippen molar-refractivity contribution in [3.05, 3.63) is 45.9 Å². The molecule has 4 amide bonds.